The summed E-state index contributed by atoms with van der Waals surface area (Å²) in [5.74, 6) is 1.44. The van der Waals surface area contributed by atoms with Crippen molar-refractivity contribution in [3.63, 3.8) is 0 Å². The predicted molar refractivity (Wildman–Crippen MR) is 111 cm³/mol. The molecule has 8 nitrogen and oxygen atoms in total. The Kier molecular flexibility index (Phi) is 4.63. The molecule has 5 rings (SSSR count). The molecule has 2 unspecified atom stereocenters. The van der Waals surface area contributed by atoms with Crippen molar-refractivity contribution in [2.45, 2.75) is 43.8 Å². The molecule has 5 heterocycles. The van der Waals surface area contributed by atoms with Crippen molar-refractivity contribution in [2.24, 2.45) is 0 Å². The minimum atomic E-state index is 0.515. The number of anilines is 1. The number of H-pyrrole nitrogens is 1. The maximum Gasteiger partial charge on any atom is 0.221 e. The SMILES string of the molecule is COc1nc(-c2ccc(N(C)C3CC4CCC(C3)N4)nn2)ccc1-c1cn[nH]c1. The zero-order chi connectivity index (χ0) is 19.8. The van der Waals surface area contributed by atoms with E-state index in [9.17, 15) is 0 Å². The van der Waals surface area contributed by atoms with Crippen LogP contribution in [0.4, 0.5) is 5.82 Å². The number of nitrogens with zero attached hydrogens (tertiary/aromatic N) is 5. The lowest BCUT2D eigenvalue weighted by Gasteiger charge is -2.36. The third-order valence-electron chi connectivity index (χ3n) is 6.13. The van der Waals surface area contributed by atoms with Crippen molar-refractivity contribution in [3.8, 4) is 28.4 Å². The van der Waals surface area contributed by atoms with E-state index >= 15 is 0 Å². The van der Waals surface area contributed by atoms with E-state index in [4.69, 9.17) is 4.74 Å². The van der Waals surface area contributed by atoms with Crippen LogP contribution in [0.1, 0.15) is 25.7 Å². The van der Waals surface area contributed by atoms with E-state index in [1.54, 1.807) is 13.3 Å². The number of hydrogen-bond acceptors (Lipinski definition) is 7. The molecule has 0 spiro atoms. The van der Waals surface area contributed by atoms with Crippen LogP contribution in [0.3, 0.4) is 0 Å². The van der Waals surface area contributed by atoms with Crippen LogP contribution in [0, 0.1) is 0 Å². The van der Waals surface area contributed by atoms with Crippen molar-refractivity contribution in [3.05, 3.63) is 36.7 Å². The normalized spacial score (nSPS) is 23.2. The molecule has 0 radical (unpaired) electrons. The van der Waals surface area contributed by atoms with Crippen LogP contribution in [-0.2, 0) is 0 Å². The summed E-state index contributed by atoms with van der Waals surface area (Å²) in [5.41, 5.74) is 3.27. The first kappa shape index (κ1) is 18.1. The van der Waals surface area contributed by atoms with Crippen molar-refractivity contribution in [1.82, 2.24) is 30.7 Å². The maximum atomic E-state index is 5.48. The Morgan fingerprint density at radius 3 is 2.48 bits per heavy atom. The Bertz CT molecular complexity index is 961. The average molecular weight is 391 g/mol. The topological polar surface area (TPSA) is 91.8 Å². The van der Waals surface area contributed by atoms with Crippen molar-refractivity contribution < 1.29 is 4.74 Å². The van der Waals surface area contributed by atoms with Crippen molar-refractivity contribution >= 4 is 5.82 Å². The van der Waals surface area contributed by atoms with Gasteiger partial charge in [-0.25, -0.2) is 4.98 Å². The van der Waals surface area contributed by atoms with Crippen LogP contribution < -0.4 is 15.0 Å². The Morgan fingerprint density at radius 1 is 1.03 bits per heavy atom. The molecule has 3 aromatic rings. The standard InChI is InChI=1S/C21H25N7O/c1-28(16-9-14-3-4-15(10-16)24-14)20-8-7-19(26-27-20)18-6-5-17(21(25-18)29-2)13-11-22-23-12-13/h5-8,11-12,14-16,24H,3-4,9-10H2,1-2H3,(H,22,23). The first-order chi connectivity index (χ1) is 14.2. The Hall–Kier alpha value is -3.00. The van der Waals surface area contributed by atoms with Gasteiger partial charge in [-0.15, -0.1) is 10.2 Å². The molecule has 2 fully saturated rings. The lowest BCUT2D eigenvalue weighted by Crippen LogP contribution is -2.47. The molecule has 2 aliphatic heterocycles. The molecule has 29 heavy (non-hydrogen) atoms. The molecular weight excluding hydrogens is 366 g/mol. The van der Waals surface area contributed by atoms with Gasteiger partial charge < -0.3 is 15.0 Å². The summed E-state index contributed by atoms with van der Waals surface area (Å²) in [7, 11) is 3.74. The average Bonchev–Trinajstić information content (AvgIpc) is 3.42. The second kappa shape index (κ2) is 7.44. The lowest BCUT2D eigenvalue weighted by molar-refractivity contribution is 0.353. The van der Waals surface area contributed by atoms with Crippen LogP contribution in [-0.4, -0.2) is 57.7 Å². The number of nitrogens with one attached hydrogen (secondary N) is 2. The summed E-state index contributed by atoms with van der Waals surface area (Å²) < 4.78 is 5.48. The largest absolute Gasteiger partial charge is 0.481 e. The van der Waals surface area contributed by atoms with Gasteiger partial charge in [0, 0.05) is 42.5 Å². The molecule has 0 aromatic carbocycles. The number of aromatic nitrogens is 5. The van der Waals surface area contributed by atoms with E-state index in [-0.39, 0.29) is 0 Å². The van der Waals surface area contributed by atoms with E-state index < -0.39 is 0 Å². The molecule has 0 aliphatic carbocycles. The van der Waals surface area contributed by atoms with Gasteiger partial charge in [-0.3, -0.25) is 5.10 Å². The van der Waals surface area contributed by atoms with Crippen LogP contribution >= 0.6 is 0 Å². The quantitative estimate of drug-likeness (QED) is 0.691. The van der Waals surface area contributed by atoms with E-state index in [2.05, 4.69) is 42.6 Å². The monoisotopic (exact) mass is 391 g/mol. The van der Waals surface area contributed by atoms with E-state index in [0.717, 1.165) is 28.3 Å². The number of piperidine rings is 1. The zero-order valence-electron chi connectivity index (χ0n) is 16.7. The summed E-state index contributed by atoms with van der Waals surface area (Å²) in [6, 6.07) is 9.73. The lowest BCUT2D eigenvalue weighted by atomic mass is 9.98. The number of fused-ring (bicyclic) bond motifs is 2. The van der Waals surface area contributed by atoms with Gasteiger partial charge >= 0.3 is 0 Å². The molecule has 8 heteroatoms. The highest BCUT2D eigenvalue weighted by Gasteiger charge is 2.35. The fourth-order valence-electron chi connectivity index (χ4n) is 4.54. The summed E-state index contributed by atoms with van der Waals surface area (Å²) in [4.78, 5) is 6.90. The van der Waals surface area contributed by atoms with Crippen LogP contribution in [0.2, 0.25) is 0 Å². The molecule has 2 aliphatic rings. The highest BCUT2D eigenvalue weighted by Crippen LogP contribution is 2.32. The fourth-order valence-corrected chi connectivity index (χ4v) is 4.54. The summed E-state index contributed by atoms with van der Waals surface area (Å²) in [5, 5.41) is 19.4. The molecule has 2 saturated heterocycles. The molecule has 0 saturated carbocycles. The summed E-state index contributed by atoms with van der Waals surface area (Å²) >= 11 is 0. The van der Waals surface area contributed by atoms with Gasteiger partial charge in [0.15, 0.2) is 5.82 Å². The Balaban J connectivity index is 1.36. The van der Waals surface area contributed by atoms with Gasteiger partial charge in [-0.2, -0.15) is 5.10 Å². The number of rotatable bonds is 5. The summed E-state index contributed by atoms with van der Waals surface area (Å²) in [6.07, 6.45) is 8.49. The second-order valence-corrected chi connectivity index (χ2v) is 7.89. The molecule has 2 atom stereocenters. The fraction of sp³-hybridized carbons (Fsp3) is 0.429. The highest BCUT2D eigenvalue weighted by atomic mass is 16.5. The van der Waals surface area contributed by atoms with Gasteiger partial charge in [0.2, 0.25) is 5.88 Å². The van der Waals surface area contributed by atoms with Gasteiger partial charge in [-0.05, 0) is 49.9 Å². The van der Waals surface area contributed by atoms with E-state index in [1.807, 2.05) is 30.5 Å². The molecule has 2 bridgehead atoms. The van der Waals surface area contributed by atoms with Crippen molar-refractivity contribution in [1.29, 1.82) is 0 Å². The van der Waals surface area contributed by atoms with Gasteiger partial charge in [0.25, 0.3) is 0 Å². The van der Waals surface area contributed by atoms with E-state index in [0.29, 0.717) is 24.0 Å². The highest BCUT2D eigenvalue weighted by molar-refractivity contribution is 5.70. The van der Waals surface area contributed by atoms with Gasteiger partial charge in [-0.1, -0.05) is 0 Å². The smallest absolute Gasteiger partial charge is 0.221 e. The molecular formula is C21H25N7O. The number of ether oxygens (including phenoxy) is 1. The summed E-state index contributed by atoms with van der Waals surface area (Å²) in [6.45, 7) is 0. The van der Waals surface area contributed by atoms with Gasteiger partial charge in [0.05, 0.1) is 19.0 Å². The van der Waals surface area contributed by atoms with Crippen LogP contribution in [0.25, 0.3) is 22.5 Å². The molecule has 3 aromatic heterocycles. The van der Waals surface area contributed by atoms with Gasteiger partial charge in [0.1, 0.15) is 5.69 Å². The number of hydrogen-bond donors (Lipinski definition) is 2. The molecule has 150 valence electrons. The van der Waals surface area contributed by atoms with Crippen LogP contribution in [0.15, 0.2) is 36.7 Å². The zero-order valence-corrected chi connectivity index (χ0v) is 16.7. The minimum Gasteiger partial charge on any atom is -0.481 e. The first-order valence-corrected chi connectivity index (χ1v) is 10.1. The number of aromatic amines is 1. The van der Waals surface area contributed by atoms with E-state index in [1.165, 1.54) is 25.7 Å². The number of methoxy groups -OCH3 is 1. The Labute approximate surface area is 169 Å². The third-order valence-corrected chi connectivity index (χ3v) is 6.13. The van der Waals surface area contributed by atoms with Crippen LogP contribution in [0.5, 0.6) is 5.88 Å². The van der Waals surface area contributed by atoms with Crippen molar-refractivity contribution in [2.75, 3.05) is 19.1 Å². The first-order valence-electron chi connectivity index (χ1n) is 10.1. The molecule has 0 amide bonds. The second-order valence-electron chi connectivity index (χ2n) is 7.89. The maximum absolute atomic E-state index is 5.48. The third kappa shape index (κ3) is 3.44. The Morgan fingerprint density at radius 2 is 1.83 bits per heavy atom. The molecule has 2 N–H and O–H groups in total. The number of pyridine rings is 1. The minimum absolute atomic E-state index is 0.515. The predicted octanol–water partition coefficient (Wildman–Crippen LogP) is 2.66.